The van der Waals surface area contributed by atoms with Gasteiger partial charge in [-0.25, -0.2) is 4.68 Å². The van der Waals surface area contributed by atoms with Crippen LogP contribution in [0.25, 0.3) is 0 Å². The fraction of sp³-hybridized carbons (Fsp3) is 0.800. The van der Waals surface area contributed by atoms with Crippen LogP contribution in [0.3, 0.4) is 0 Å². The van der Waals surface area contributed by atoms with Gasteiger partial charge in [-0.05, 0) is 13.8 Å². The van der Waals surface area contributed by atoms with Crippen molar-refractivity contribution in [3.05, 3.63) is 11.9 Å². The molecule has 16 heavy (non-hydrogen) atoms. The van der Waals surface area contributed by atoms with E-state index in [0.717, 1.165) is 23.3 Å². The maximum Gasteiger partial charge on any atom is 0.102 e. The lowest BCUT2D eigenvalue weighted by Gasteiger charge is -2.23. The van der Waals surface area contributed by atoms with E-state index in [1.54, 1.807) is 0 Å². The minimum atomic E-state index is -0.408. The Kier molecular flexibility index (Phi) is 4.91. The molecule has 1 heterocycles. The number of nitrogens with two attached hydrogens (primary N) is 1. The van der Waals surface area contributed by atoms with Gasteiger partial charge in [-0.3, -0.25) is 0 Å². The van der Waals surface area contributed by atoms with Gasteiger partial charge in [-0.15, -0.1) is 17.5 Å². The molecule has 0 aliphatic rings. The smallest absolute Gasteiger partial charge is 0.102 e. The summed E-state index contributed by atoms with van der Waals surface area (Å²) in [5.41, 5.74) is 6.36. The Bertz CT molecular complexity index is 321. The van der Waals surface area contributed by atoms with Crippen LogP contribution in [0, 0.1) is 0 Å². The molecule has 1 aromatic heterocycles. The predicted octanol–water partition coefficient (Wildman–Crippen LogP) is 0.600. The van der Waals surface area contributed by atoms with Gasteiger partial charge in [0.25, 0.3) is 0 Å². The van der Waals surface area contributed by atoms with E-state index in [0.29, 0.717) is 0 Å². The van der Waals surface area contributed by atoms with Crippen LogP contribution in [0.2, 0.25) is 0 Å². The van der Waals surface area contributed by atoms with Gasteiger partial charge < -0.3 is 10.2 Å². The second-order valence-corrected chi connectivity index (χ2v) is 5.60. The second-order valence-electron chi connectivity index (χ2n) is 5.60. The molecule has 0 radical (unpaired) electrons. The van der Waals surface area contributed by atoms with Crippen molar-refractivity contribution in [1.29, 1.82) is 0 Å². The SMILES string of the molecule is CC(C)(N)c1cn(CC[N+](C)(C)C)nn1.Cl. The molecule has 94 valence electrons. The van der Waals surface area contributed by atoms with Crippen molar-refractivity contribution >= 4 is 12.4 Å². The molecular weight excluding hydrogens is 226 g/mol. The monoisotopic (exact) mass is 248 g/mol. The molecule has 0 saturated carbocycles. The van der Waals surface area contributed by atoms with Gasteiger partial charge in [0.2, 0.25) is 0 Å². The maximum absolute atomic E-state index is 5.93. The topological polar surface area (TPSA) is 56.7 Å². The van der Waals surface area contributed by atoms with Crippen molar-refractivity contribution < 1.29 is 4.48 Å². The summed E-state index contributed by atoms with van der Waals surface area (Å²) in [5, 5.41) is 8.13. The Morgan fingerprint density at radius 2 is 1.94 bits per heavy atom. The highest BCUT2D eigenvalue weighted by Crippen LogP contribution is 2.12. The van der Waals surface area contributed by atoms with Crippen molar-refractivity contribution in [2.24, 2.45) is 5.73 Å². The lowest BCUT2D eigenvalue weighted by atomic mass is 10.0. The Morgan fingerprint density at radius 3 is 2.31 bits per heavy atom. The molecule has 0 amide bonds. The first-order valence-corrected chi connectivity index (χ1v) is 5.18. The summed E-state index contributed by atoms with van der Waals surface area (Å²) in [6.07, 6.45) is 1.93. The highest BCUT2D eigenvalue weighted by Gasteiger charge is 2.18. The van der Waals surface area contributed by atoms with Crippen LogP contribution in [0.15, 0.2) is 6.20 Å². The molecule has 0 bridgehead atoms. The van der Waals surface area contributed by atoms with E-state index < -0.39 is 5.54 Å². The van der Waals surface area contributed by atoms with Crippen LogP contribution in [0.4, 0.5) is 0 Å². The average molecular weight is 249 g/mol. The summed E-state index contributed by atoms with van der Waals surface area (Å²) in [7, 11) is 6.47. The van der Waals surface area contributed by atoms with Crippen LogP contribution in [-0.4, -0.2) is 47.2 Å². The normalized spacial score (nSPS) is 12.4. The quantitative estimate of drug-likeness (QED) is 0.794. The van der Waals surface area contributed by atoms with E-state index in [2.05, 4.69) is 31.5 Å². The highest BCUT2D eigenvalue weighted by atomic mass is 35.5. The number of aromatic nitrogens is 3. The number of quaternary nitrogens is 1. The van der Waals surface area contributed by atoms with E-state index in [1.807, 2.05) is 24.7 Å². The average Bonchev–Trinajstić information content (AvgIpc) is 2.45. The lowest BCUT2D eigenvalue weighted by Crippen LogP contribution is -2.37. The molecule has 0 aliphatic carbocycles. The predicted molar refractivity (Wildman–Crippen MR) is 67.4 cm³/mol. The largest absolute Gasteiger partial charge is 0.329 e. The molecule has 2 N–H and O–H groups in total. The van der Waals surface area contributed by atoms with Crippen LogP contribution >= 0.6 is 12.4 Å². The molecule has 6 heteroatoms. The molecule has 0 fully saturated rings. The number of hydrogen-bond donors (Lipinski definition) is 1. The molecule has 1 rings (SSSR count). The van der Waals surface area contributed by atoms with Gasteiger partial charge >= 0.3 is 0 Å². The first-order chi connectivity index (χ1) is 6.68. The molecule has 0 aromatic carbocycles. The molecule has 0 aliphatic heterocycles. The van der Waals surface area contributed by atoms with Gasteiger partial charge in [0.15, 0.2) is 0 Å². The zero-order valence-electron chi connectivity index (χ0n) is 10.8. The number of nitrogens with zero attached hydrogens (tertiary/aromatic N) is 4. The van der Waals surface area contributed by atoms with Crippen molar-refractivity contribution in [2.45, 2.75) is 25.9 Å². The van der Waals surface area contributed by atoms with Gasteiger partial charge in [0.1, 0.15) is 5.69 Å². The zero-order valence-corrected chi connectivity index (χ0v) is 11.6. The van der Waals surface area contributed by atoms with Gasteiger partial charge in [0, 0.05) is 0 Å². The van der Waals surface area contributed by atoms with Crippen molar-refractivity contribution in [1.82, 2.24) is 15.0 Å². The molecule has 0 saturated heterocycles. The van der Waals surface area contributed by atoms with Gasteiger partial charge in [-0.2, -0.15) is 0 Å². The molecule has 5 nitrogen and oxygen atoms in total. The highest BCUT2D eigenvalue weighted by molar-refractivity contribution is 5.85. The van der Waals surface area contributed by atoms with E-state index in [4.69, 9.17) is 5.73 Å². The van der Waals surface area contributed by atoms with Crippen molar-refractivity contribution in [3.63, 3.8) is 0 Å². The summed E-state index contributed by atoms with van der Waals surface area (Å²) in [5.74, 6) is 0. The summed E-state index contributed by atoms with van der Waals surface area (Å²) in [4.78, 5) is 0. The third-order valence-corrected chi connectivity index (χ3v) is 2.20. The van der Waals surface area contributed by atoms with E-state index in [1.165, 1.54) is 0 Å². The van der Waals surface area contributed by atoms with Crippen LogP contribution in [0.5, 0.6) is 0 Å². The number of likely N-dealkylation sites (N-methyl/N-ethyl adjacent to an activating group) is 1. The standard InChI is InChI=1S/C10H22N5.ClH/c1-10(2,11)9-8-14(13-12-9)6-7-15(3,4)5;/h8H,6-7,11H2,1-5H3;1H/q+1;. The Labute approximate surface area is 104 Å². The maximum atomic E-state index is 5.93. The van der Waals surface area contributed by atoms with Gasteiger partial charge in [-0.1, -0.05) is 5.21 Å². The summed E-state index contributed by atoms with van der Waals surface area (Å²) in [6.45, 7) is 5.75. The second kappa shape index (κ2) is 5.12. The van der Waals surface area contributed by atoms with E-state index in [-0.39, 0.29) is 12.4 Å². The molecule has 0 unspecified atom stereocenters. The molecule has 0 spiro atoms. The van der Waals surface area contributed by atoms with Crippen LogP contribution in [0.1, 0.15) is 19.5 Å². The van der Waals surface area contributed by atoms with E-state index >= 15 is 0 Å². The van der Waals surface area contributed by atoms with Crippen molar-refractivity contribution in [3.8, 4) is 0 Å². The minimum absolute atomic E-state index is 0. The summed E-state index contributed by atoms with van der Waals surface area (Å²) >= 11 is 0. The zero-order chi connectivity index (χ0) is 11.7. The first kappa shape index (κ1) is 15.3. The minimum Gasteiger partial charge on any atom is -0.329 e. The van der Waals surface area contributed by atoms with E-state index in [9.17, 15) is 0 Å². The fourth-order valence-corrected chi connectivity index (χ4v) is 1.11. The third-order valence-electron chi connectivity index (χ3n) is 2.20. The number of hydrogen-bond acceptors (Lipinski definition) is 3. The Hall–Kier alpha value is -0.650. The Balaban J connectivity index is 0.00000225. The van der Waals surface area contributed by atoms with Crippen molar-refractivity contribution in [2.75, 3.05) is 27.7 Å². The third kappa shape index (κ3) is 4.92. The van der Waals surface area contributed by atoms with Crippen LogP contribution in [-0.2, 0) is 12.1 Å². The summed E-state index contributed by atoms with van der Waals surface area (Å²) < 4.78 is 2.77. The fourth-order valence-electron chi connectivity index (χ4n) is 1.11. The molecule has 1 aromatic rings. The van der Waals surface area contributed by atoms with Gasteiger partial charge in [0.05, 0.1) is 46.0 Å². The molecule has 0 atom stereocenters. The lowest BCUT2D eigenvalue weighted by molar-refractivity contribution is -0.871. The summed E-state index contributed by atoms with van der Waals surface area (Å²) in [6, 6.07) is 0. The number of rotatable bonds is 4. The Morgan fingerprint density at radius 1 is 1.38 bits per heavy atom. The van der Waals surface area contributed by atoms with Crippen LogP contribution < -0.4 is 5.73 Å². The number of halogens is 1. The molecular formula is C10H23ClN5+. The first-order valence-electron chi connectivity index (χ1n) is 5.18.